The number of nitrogens with two attached hydrogens (primary N) is 2. The normalized spacial score (nSPS) is 26.1. The summed E-state index contributed by atoms with van der Waals surface area (Å²) < 4.78 is 37.5. The van der Waals surface area contributed by atoms with Gasteiger partial charge in [0.05, 0.1) is 19.0 Å². The van der Waals surface area contributed by atoms with Gasteiger partial charge >= 0.3 is 10.3 Å². The second-order valence-corrected chi connectivity index (χ2v) is 8.59. The average molecular weight is 459 g/mol. The summed E-state index contributed by atoms with van der Waals surface area (Å²) in [5, 5.41) is 20.7. The van der Waals surface area contributed by atoms with Crippen molar-refractivity contribution in [3.05, 3.63) is 12.7 Å². The molecule has 1 fully saturated rings. The molecule has 0 aromatic carbocycles. The summed E-state index contributed by atoms with van der Waals surface area (Å²) in [6.07, 6.45) is -2.23. The van der Waals surface area contributed by atoms with Crippen molar-refractivity contribution in [1.29, 1.82) is 0 Å². The van der Waals surface area contributed by atoms with E-state index in [-0.39, 0.29) is 22.9 Å². The fourth-order valence-corrected chi connectivity index (χ4v) is 3.80. The first-order chi connectivity index (χ1) is 14.6. The predicted octanol–water partition coefficient (Wildman–Crippen LogP) is -2.22. The quantitative estimate of drug-likeness (QED) is 0.283. The topological polar surface area (TPSA) is 218 Å². The van der Waals surface area contributed by atoms with Crippen LogP contribution in [0, 0.1) is 5.92 Å². The van der Waals surface area contributed by atoms with Gasteiger partial charge in [0, 0.05) is 0 Å². The highest BCUT2D eigenvalue weighted by molar-refractivity contribution is 7.85. The van der Waals surface area contributed by atoms with E-state index in [0.717, 1.165) is 0 Å². The van der Waals surface area contributed by atoms with Gasteiger partial charge in [-0.1, -0.05) is 20.3 Å². The van der Waals surface area contributed by atoms with Gasteiger partial charge in [0.25, 0.3) is 5.91 Å². The van der Waals surface area contributed by atoms with Gasteiger partial charge in [-0.2, -0.15) is 8.42 Å². The van der Waals surface area contributed by atoms with Crippen molar-refractivity contribution in [1.82, 2.24) is 24.2 Å². The first-order valence-electron chi connectivity index (χ1n) is 9.47. The van der Waals surface area contributed by atoms with Gasteiger partial charge in [0.15, 0.2) is 17.7 Å². The van der Waals surface area contributed by atoms with Crippen molar-refractivity contribution in [3.8, 4) is 0 Å². The number of amides is 1. The maximum absolute atomic E-state index is 12.1. The van der Waals surface area contributed by atoms with Gasteiger partial charge in [-0.25, -0.2) is 19.7 Å². The highest BCUT2D eigenvalue weighted by Gasteiger charge is 2.45. The summed E-state index contributed by atoms with van der Waals surface area (Å²) in [6.45, 7) is 2.85. The minimum absolute atomic E-state index is 0.120. The Kier molecular flexibility index (Phi) is 6.73. The van der Waals surface area contributed by atoms with E-state index in [1.165, 1.54) is 17.2 Å². The van der Waals surface area contributed by atoms with Crippen LogP contribution in [0.1, 0.15) is 26.5 Å². The van der Waals surface area contributed by atoms with Gasteiger partial charge in [0.2, 0.25) is 0 Å². The molecule has 1 aliphatic heterocycles. The molecule has 2 aromatic heterocycles. The molecule has 0 bridgehead atoms. The average Bonchev–Trinajstić information content (AvgIpc) is 3.27. The Morgan fingerprint density at radius 1 is 1.35 bits per heavy atom. The van der Waals surface area contributed by atoms with Crippen LogP contribution < -0.4 is 16.2 Å². The molecule has 15 heteroatoms. The lowest BCUT2D eigenvalue weighted by molar-refractivity contribution is -0.121. The van der Waals surface area contributed by atoms with Crippen LogP contribution in [0.5, 0.6) is 0 Å². The summed E-state index contributed by atoms with van der Waals surface area (Å²) in [4.78, 5) is 23.9. The number of aromatic nitrogens is 4. The van der Waals surface area contributed by atoms with E-state index in [0.29, 0.717) is 6.42 Å². The number of hydrogen-bond acceptors (Lipinski definition) is 12. The molecular formula is C16H25N7O7S. The minimum Gasteiger partial charge on any atom is -0.387 e. The molecular weight excluding hydrogens is 434 g/mol. The number of aliphatic hydroxyl groups is 2. The first-order valence-corrected chi connectivity index (χ1v) is 10.9. The third-order valence-electron chi connectivity index (χ3n) is 5.17. The van der Waals surface area contributed by atoms with Gasteiger partial charge < -0.3 is 26.4 Å². The molecule has 7 N–H and O–H groups in total. The molecule has 0 radical (unpaired) electrons. The molecule has 172 valence electrons. The van der Waals surface area contributed by atoms with Gasteiger partial charge in [-0.15, -0.1) is 0 Å². The Bertz CT molecular complexity index is 1050. The maximum Gasteiger partial charge on any atom is 0.362 e. The number of nitrogens with one attached hydrogen (secondary N) is 1. The van der Waals surface area contributed by atoms with Crippen LogP contribution in [0.4, 0.5) is 5.82 Å². The standard InChI is InChI=1S/C16H25N7O7S/c1-3-7(2)9(17)15(26)22-31(27,28)29-4-8-11(24)12(25)16(30-8)23-6-21-10-13(18)19-5-20-14(10)23/h5-9,11-12,16,24-25H,3-4,17H2,1-2H3,(H,22,26)(H2,18,19,20)/t7-,8+,9-,11?,12?,16+/m0/s1. The molecule has 14 nitrogen and oxygen atoms in total. The molecule has 1 aliphatic rings. The second-order valence-electron chi connectivity index (χ2n) is 7.25. The lowest BCUT2D eigenvalue weighted by Crippen LogP contribution is -2.47. The molecule has 0 spiro atoms. The van der Waals surface area contributed by atoms with Crippen LogP contribution in [0.15, 0.2) is 12.7 Å². The van der Waals surface area contributed by atoms with Crippen molar-refractivity contribution in [2.45, 2.75) is 50.8 Å². The van der Waals surface area contributed by atoms with E-state index in [4.69, 9.17) is 20.4 Å². The van der Waals surface area contributed by atoms with Crippen LogP contribution in [0.3, 0.4) is 0 Å². The number of ether oxygens (including phenoxy) is 1. The van der Waals surface area contributed by atoms with Crippen LogP contribution >= 0.6 is 0 Å². The maximum atomic E-state index is 12.1. The van der Waals surface area contributed by atoms with Crippen molar-refractivity contribution >= 4 is 33.2 Å². The zero-order valence-corrected chi connectivity index (χ0v) is 17.6. The van der Waals surface area contributed by atoms with E-state index in [9.17, 15) is 23.4 Å². The SMILES string of the molecule is CC[C@H](C)[C@H](N)C(=O)NS(=O)(=O)OC[C@H]1O[C@@H](n2cnc3c(N)ncnc32)C(O)C1O. The van der Waals surface area contributed by atoms with E-state index in [1.54, 1.807) is 11.6 Å². The Morgan fingerprint density at radius 3 is 2.74 bits per heavy atom. The molecule has 2 aromatic rings. The highest BCUT2D eigenvalue weighted by Crippen LogP contribution is 2.32. The highest BCUT2D eigenvalue weighted by atomic mass is 32.2. The van der Waals surface area contributed by atoms with Crippen LogP contribution in [-0.2, 0) is 24.0 Å². The van der Waals surface area contributed by atoms with Crippen molar-refractivity contribution < 1.29 is 32.3 Å². The van der Waals surface area contributed by atoms with Crippen molar-refractivity contribution in [2.24, 2.45) is 11.7 Å². The van der Waals surface area contributed by atoms with Crippen LogP contribution in [0.2, 0.25) is 0 Å². The number of carbonyl (C=O) groups is 1. The summed E-state index contributed by atoms with van der Waals surface area (Å²) >= 11 is 0. The van der Waals surface area contributed by atoms with E-state index in [1.807, 2.05) is 6.92 Å². The van der Waals surface area contributed by atoms with Crippen LogP contribution in [-0.4, -0.2) is 75.0 Å². The summed E-state index contributed by atoms with van der Waals surface area (Å²) in [6, 6.07) is -1.04. The van der Waals surface area contributed by atoms with Gasteiger partial charge in [-0.3, -0.25) is 13.5 Å². The van der Waals surface area contributed by atoms with E-state index in [2.05, 4.69) is 15.0 Å². The first kappa shape index (κ1) is 23.2. The number of anilines is 1. The predicted molar refractivity (Wildman–Crippen MR) is 106 cm³/mol. The number of hydrogen-bond donors (Lipinski definition) is 5. The van der Waals surface area contributed by atoms with Gasteiger partial charge in [-0.05, 0) is 5.92 Å². The smallest absolute Gasteiger partial charge is 0.362 e. The Morgan fingerprint density at radius 2 is 2.06 bits per heavy atom. The fraction of sp³-hybridized carbons (Fsp3) is 0.625. The van der Waals surface area contributed by atoms with Crippen LogP contribution in [0.25, 0.3) is 11.2 Å². The molecule has 1 saturated heterocycles. The summed E-state index contributed by atoms with van der Waals surface area (Å²) in [7, 11) is -4.52. The largest absolute Gasteiger partial charge is 0.387 e. The summed E-state index contributed by atoms with van der Waals surface area (Å²) in [5.41, 5.74) is 12.0. The molecule has 2 unspecified atom stereocenters. The second kappa shape index (κ2) is 8.97. The third kappa shape index (κ3) is 4.76. The van der Waals surface area contributed by atoms with Gasteiger partial charge in [0.1, 0.15) is 30.2 Å². The number of carbonyl (C=O) groups excluding carboxylic acids is 1. The number of imidazole rings is 1. The number of aliphatic hydroxyl groups excluding tert-OH is 2. The van der Waals surface area contributed by atoms with E-state index < -0.39 is 53.4 Å². The molecule has 3 heterocycles. The van der Waals surface area contributed by atoms with Crippen molar-refractivity contribution in [2.75, 3.05) is 12.3 Å². The Hall–Kier alpha value is -2.43. The zero-order valence-electron chi connectivity index (χ0n) is 16.8. The zero-order chi connectivity index (χ0) is 22.9. The number of rotatable bonds is 8. The lowest BCUT2D eigenvalue weighted by atomic mass is 10.00. The minimum atomic E-state index is -4.52. The lowest BCUT2D eigenvalue weighted by Gasteiger charge is -2.18. The Balaban J connectivity index is 1.66. The Labute approximate surface area is 177 Å². The number of fused-ring (bicyclic) bond motifs is 1. The third-order valence-corrected chi connectivity index (χ3v) is 6.07. The monoisotopic (exact) mass is 459 g/mol. The fourth-order valence-electron chi connectivity index (χ4n) is 3.04. The molecule has 0 aliphatic carbocycles. The number of nitrogens with zero attached hydrogens (tertiary/aromatic N) is 4. The molecule has 0 saturated carbocycles. The van der Waals surface area contributed by atoms with Crippen molar-refractivity contribution in [3.63, 3.8) is 0 Å². The molecule has 3 rings (SSSR count). The van der Waals surface area contributed by atoms with E-state index >= 15 is 0 Å². The molecule has 6 atom stereocenters. The summed E-state index contributed by atoms with van der Waals surface area (Å²) in [5.74, 6) is -1.04. The molecule has 31 heavy (non-hydrogen) atoms. The molecule has 1 amide bonds. The number of nitrogen functional groups attached to an aromatic ring is 1.